The van der Waals surface area contributed by atoms with Crippen LogP contribution < -0.4 is 10.4 Å². The van der Waals surface area contributed by atoms with E-state index >= 15 is 0 Å². The smallest absolute Gasteiger partial charge is 0.306 e. The summed E-state index contributed by atoms with van der Waals surface area (Å²) in [6.07, 6.45) is 1.24. The zero-order valence-corrected chi connectivity index (χ0v) is 16.1. The molecule has 0 unspecified atom stereocenters. The first-order chi connectivity index (χ1) is 11.8. The van der Waals surface area contributed by atoms with Crippen molar-refractivity contribution in [1.82, 2.24) is 0 Å². The average Bonchev–Trinajstić information content (AvgIpc) is 2.54. The molecule has 1 aliphatic carbocycles. The zero-order chi connectivity index (χ0) is 18.1. The molecule has 0 heterocycles. The van der Waals surface area contributed by atoms with Crippen molar-refractivity contribution in [2.75, 3.05) is 0 Å². The average molecular weight is 355 g/mol. The molecular formula is C21H26O3Si. The Morgan fingerprint density at radius 3 is 1.76 bits per heavy atom. The van der Waals surface area contributed by atoms with Crippen LogP contribution in [0, 0.1) is 5.92 Å². The van der Waals surface area contributed by atoms with Gasteiger partial charge < -0.3 is 9.53 Å². The molecule has 1 fully saturated rings. The van der Waals surface area contributed by atoms with Gasteiger partial charge >= 0.3 is 5.97 Å². The second-order valence-electron chi connectivity index (χ2n) is 7.91. The fourth-order valence-corrected chi connectivity index (χ4v) is 8.51. The van der Waals surface area contributed by atoms with Gasteiger partial charge in [-0.1, -0.05) is 81.4 Å². The van der Waals surface area contributed by atoms with Gasteiger partial charge in [0.15, 0.2) is 0 Å². The van der Waals surface area contributed by atoms with E-state index < -0.39 is 14.3 Å². The van der Waals surface area contributed by atoms with E-state index in [-0.39, 0.29) is 17.1 Å². The standard InChI is InChI=1S/C21H26O3Si/c1-21(2,3)25(18-10-6-4-7-11-18,19-12-8-5-9-13-19)24-17-14-16(15-17)20(22)23/h4-13,16-17H,14-15H2,1-3H3,(H,22,23)/t16-,17+. The molecule has 1 aliphatic rings. The Hall–Kier alpha value is -1.91. The first kappa shape index (κ1) is 17.9. The summed E-state index contributed by atoms with van der Waals surface area (Å²) >= 11 is 0. The van der Waals surface area contributed by atoms with Gasteiger partial charge in [-0.05, 0) is 28.3 Å². The minimum absolute atomic E-state index is 0.0207. The lowest BCUT2D eigenvalue weighted by Gasteiger charge is -2.48. The molecule has 0 amide bonds. The van der Waals surface area contributed by atoms with Crippen molar-refractivity contribution in [3.63, 3.8) is 0 Å². The predicted molar refractivity (Wildman–Crippen MR) is 103 cm³/mol. The summed E-state index contributed by atoms with van der Waals surface area (Å²) in [4.78, 5) is 11.2. The maximum absolute atomic E-state index is 11.2. The molecule has 132 valence electrons. The van der Waals surface area contributed by atoms with Gasteiger partial charge in [-0.3, -0.25) is 4.79 Å². The summed E-state index contributed by atoms with van der Waals surface area (Å²) in [5, 5.41) is 11.6. The molecule has 2 aromatic carbocycles. The Bertz CT molecular complexity index is 676. The Morgan fingerprint density at radius 1 is 0.960 bits per heavy atom. The fourth-order valence-electron chi connectivity index (χ4n) is 3.80. The largest absolute Gasteiger partial charge is 0.481 e. The highest BCUT2D eigenvalue weighted by Crippen LogP contribution is 2.41. The molecule has 3 nitrogen and oxygen atoms in total. The lowest BCUT2D eigenvalue weighted by molar-refractivity contribution is -0.148. The topological polar surface area (TPSA) is 46.5 Å². The Balaban J connectivity index is 2.05. The molecule has 0 bridgehead atoms. The molecule has 3 rings (SSSR count). The lowest BCUT2D eigenvalue weighted by Crippen LogP contribution is -2.68. The van der Waals surface area contributed by atoms with Gasteiger partial charge in [-0.15, -0.1) is 0 Å². The second-order valence-corrected chi connectivity index (χ2v) is 12.2. The van der Waals surface area contributed by atoms with Gasteiger partial charge in [0.25, 0.3) is 8.32 Å². The number of hydrogen-bond acceptors (Lipinski definition) is 2. The summed E-state index contributed by atoms with van der Waals surface area (Å²) < 4.78 is 6.87. The van der Waals surface area contributed by atoms with Gasteiger partial charge in [-0.25, -0.2) is 0 Å². The fraction of sp³-hybridized carbons (Fsp3) is 0.381. The van der Waals surface area contributed by atoms with Crippen LogP contribution in [0.2, 0.25) is 5.04 Å². The third-order valence-corrected chi connectivity index (χ3v) is 10.3. The molecule has 0 atom stereocenters. The number of hydrogen-bond donors (Lipinski definition) is 1. The maximum Gasteiger partial charge on any atom is 0.306 e. The summed E-state index contributed by atoms with van der Waals surface area (Å²) in [6.45, 7) is 6.73. The van der Waals surface area contributed by atoms with Gasteiger partial charge in [0.05, 0.1) is 5.92 Å². The normalized spacial score (nSPS) is 20.8. The minimum atomic E-state index is -2.54. The third-order valence-electron chi connectivity index (χ3n) is 5.20. The first-order valence-corrected chi connectivity index (χ1v) is 10.8. The summed E-state index contributed by atoms with van der Waals surface area (Å²) in [6, 6.07) is 21.0. The van der Waals surface area contributed by atoms with Crippen molar-refractivity contribution in [2.24, 2.45) is 5.92 Å². The number of carbonyl (C=O) groups is 1. The van der Waals surface area contributed by atoms with Gasteiger partial charge in [0, 0.05) is 6.10 Å². The highest BCUT2D eigenvalue weighted by molar-refractivity contribution is 6.99. The molecule has 1 N–H and O–H groups in total. The van der Waals surface area contributed by atoms with Crippen LogP contribution in [0.1, 0.15) is 33.6 Å². The Morgan fingerprint density at radius 2 is 1.40 bits per heavy atom. The lowest BCUT2D eigenvalue weighted by atomic mass is 9.83. The van der Waals surface area contributed by atoms with E-state index in [4.69, 9.17) is 4.43 Å². The second kappa shape index (κ2) is 6.77. The Kier molecular flexibility index (Phi) is 4.85. The molecule has 0 radical (unpaired) electrons. The van der Waals surface area contributed by atoms with E-state index in [1.54, 1.807) is 0 Å². The summed E-state index contributed by atoms with van der Waals surface area (Å²) in [5.74, 6) is -0.967. The van der Waals surface area contributed by atoms with E-state index in [1.165, 1.54) is 10.4 Å². The number of carboxylic acid groups (broad SMARTS) is 1. The predicted octanol–water partition coefficient (Wildman–Crippen LogP) is 3.43. The van der Waals surface area contributed by atoms with Crippen molar-refractivity contribution in [1.29, 1.82) is 0 Å². The van der Waals surface area contributed by atoms with Crippen molar-refractivity contribution < 1.29 is 14.3 Å². The molecule has 4 heteroatoms. The highest BCUT2D eigenvalue weighted by Gasteiger charge is 2.53. The molecule has 0 aromatic heterocycles. The molecule has 2 aromatic rings. The monoisotopic (exact) mass is 354 g/mol. The SMILES string of the molecule is CC(C)(C)[Si](O[C@H]1C[C@@H](C(=O)O)C1)(c1ccccc1)c1ccccc1. The quantitative estimate of drug-likeness (QED) is 0.837. The van der Waals surface area contributed by atoms with Crippen LogP contribution in [0.5, 0.6) is 0 Å². The minimum Gasteiger partial charge on any atom is -0.481 e. The van der Waals surface area contributed by atoms with Crippen LogP contribution in [-0.2, 0) is 9.22 Å². The van der Waals surface area contributed by atoms with Crippen molar-refractivity contribution in [3.05, 3.63) is 60.7 Å². The highest BCUT2D eigenvalue weighted by atomic mass is 28.4. The van der Waals surface area contributed by atoms with Crippen LogP contribution in [0.25, 0.3) is 0 Å². The van der Waals surface area contributed by atoms with Crippen LogP contribution in [-0.4, -0.2) is 25.5 Å². The van der Waals surface area contributed by atoms with Gasteiger partial charge in [0.1, 0.15) is 0 Å². The van der Waals surface area contributed by atoms with E-state index in [9.17, 15) is 9.90 Å². The summed E-state index contributed by atoms with van der Waals surface area (Å²) in [5.41, 5.74) is 0. The third kappa shape index (κ3) is 3.28. The van der Waals surface area contributed by atoms with Crippen LogP contribution >= 0.6 is 0 Å². The molecular weight excluding hydrogens is 328 g/mol. The molecule has 0 aliphatic heterocycles. The maximum atomic E-state index is 11.2. The molecule has 0 saturated heterocycles. The van der Waals surface area contributed by atoms with Crippen molar-refractivity contribution in [3.8, 4) is 0 Å². The van der Waals surface area contributed by atoms with Crippen LogP contribution in [0.15, 0.2) is 60.7 Å². The van der Waals surface area contributed by atoms with E-state index in [0.717, 1.165) is 0 Å². The van der Waals surface area contributed by atoms with E-state index in [2.05, 4.69) is 69.3 Å². The molecule has 0 spiro atoms. The number of rotatable bonds is 5. The van der Waals surface area contributed by atoms with Crippen LogP contribution in [0.3, 0.4) is 0 Å². The van der Waals surface area contributed by atoms with E-state index in [1.807, 2.05) is 12.1 Å². The van der Waals surface area contributed by atoms with Crippen molar-refractivity contribution in [2.45, 2.75) is 44.8 Å². The molecule has 25 heavy (non-hydrogen) atoms. The van der Waals surface area contributed by atoms with Crippen LogP contribution in [0.4, 0.5) is 0 Å². The zero-order valence-electron chi connectivity index (χ0n) is 15.1. The number of carboxylic acids is 1. The van der Waals surface area contributed by atoms with Gasteiger partial charge in [0.2, 0.25) is 0 Å². The van der Waals surface area contributed by atoms with Crippen molar-refractivity contribution >= 4 is 24.7 Å². The van der Waals surface area contributed by atoms with E-state index in [0.29, 0.717) is 12.8 Å². The number of benzene rings is 2. The first-order valence-electron chi connectivity index (χ1n) is 8.86. The Labute approximate surface area is 150 Å². The van der Waals surface area contributed by atoms with Gasteiger partial charge in [-0.2, -0.15) is 0 Å². The molecule has 1 saturated carbocycles. The number of aliphatic carboxylic acids is 1. The summed E-state index contributed by atoms with van der Waals surface area (Å²) in [7, 11) is -2.54.